The van der Waals surface area contributed by atoms with Crippen LogP contribution in [0.5, 0.6) is 0 Å². The Balaban J connectivity index is 1.53. The standard InChI is InChI=1S/C18H15ClFN3O2/c19-14-7-3-2-6-13(14)18-23-22-17(25-18)10-9-16(24)21-11-12-5-1-4-8-15(12)20/h1-8H,9-11H2,(H,21,24). The number of nitrogens with one attached hydrogen (secondary N) is 1. The van der Waals surface area contributed by atoms with Gasteiger partial charge >= 0.3 is 0 Å². The molecule has 2 aromatic carbocycles. The van der Waals surface area contributed by atoms with Gasteiger partial charge in [0, 0.05) is 24.9 Å². The molecule has 1 N–H and O–H groups in total. The van der Waals surface area contributed by atoms with Crippen molar-refractivity contribution in [1.29, 1.82) is 0 Å². The minimum absolute atomic E-state index is 0.139. The highest BCUT2D eigenvalue weighted by Gasteiger charge is 2.13. The van der Waals surface area contributed by atoms with Crippen LogP contribution in [0.3, 0.4) is 0 Å². The molecule has 3 rings (SSSR count). The fourth-order valence-corrected chi connectivity index (χ4v) is 2.46. The van der Waals surface area contributed by atoms with Crippen molar-refractivity contribution >= 4 is 17.5 Å². The molecule has 3 aromatic rings. The van der Waals surface area contributed by atoms with Gasteiger partial charge in [-0.3, -0.25) is 4.79 Å². The largest absolute Gasteiger partial charge is 0.421 e. The molecule has 0 aliphatic heterocycles. The van der Waals surface area contributed by atoms with Crippen molar-refractivity contribution in [2.24, 2.45) is 0 Å². The summed E-state index contributed by atoms with van der Waals surface area (Å²) in [5.74, 6) is 0.0909. The number of aromatic nitrogens is 2. The van der Waals surface area contributed by atoms with E-state index in [9.17, 15) is 9.18 Å². The lowest BCUT2D eigenvalue weighted by molar-refractivity contribution is -0.121. The number of rotatable bonds is 6. The Morgan fingerprint density at radius 1 is 1.12 bits per heavy atom. The SMILES string of the molecule is O=C(CCc1nnc(-c2ccccc2Cl)o1)NCc1ccccc1F. The van der Waals surface area contributed by atoms with Gasteiger partial charge in [0.15, 0.2) is 0 Å². The van der Waals surface area contributed by atoms with E-state index in [1.165, 1.54) is 6.07 Å². The Morgan fingerprint density at radius 3 is 2.68 bits per heavy atom. The summed E-state index contributed by atoms with van der Waals surface area (Å²) in [6.45, 7) is 0.139. The molecule has 0 bridgehead atoms. The predicted molar refractivity (Wildman–Crippen MR) is 91.3 cm³/mol. The Morgan fingerprint density at radius 2 is 1.88 bits per heavy atom. The molecule has 0 spiro atoms. The molecule has 1 amide bonds. The minimum atomic E-state index is -0.343. The summed E-state index contributed by atoms with van der Waals surface area (Å²) in [5.41, 5.74) is 1.08. The number of halogens is 2. The maximum Gasteiger partial charge on any atom is 0.249 e. The van der Waals surface area contributed by atoms with E-state index in [2.05, 4.69) is 15.5 Å². The van der Waals surface area contributed by atoms with Crippen molar-refractivity contribution in [2.45, 2.75) is 19.4 Å². The van der Waals surface area contributed by atoms with Crippen molar-refractivity contribution in [3.05, 3.63) is 70.8 Å². The first-order valence-corrected chi connectivity index (χ1v) is 8.08. The van der Waals surface area contributed by atoms with E-state index < -0.39 is 0 Å². The second kappa shape index (κ2) is 7.90. The molecule has 0 unspecified atom stereocenters. The van der Waals surface area contributed by atoms with Gasteiger partial charge in [-0.25, -0.2) is 4.39 Å². The van der Waals surface area contributed by atoms with Gasteiger partial charge in [0.2, 0.25) is 17.7 Å². The van der Waals surface area contributed by atoms with Gasteiger partial charge in [-0.2, -0.15) is 0 Å². The first-order valence-electron chi connectivity index (χ1n) is 7.71. The highest BCUT2D eigenvalue weighted by Crippen LogP contribution is 2.26. The molecule has 5 nitrogen and oxygen atoms in total. The summed E-state index contributed by atoms with van der Waals surface area (Å²) < 4.78 is 19.0. The molecule has 0 aliphatic rings. The Bertz CT molecular complexity index is 882. The Kier molecular flexibility index (Phi) is 5.40. The topological polar surface area (TPSA) is 68.0 Å². The zero-order chi connectivity index (χ0) is 17.6. The maximum atomic E-state index is 13.5. The maximum absolute atomic E-state index is 13.5. The monoisotopic (exact) mass is 359 g/mol. The Hall–Kier alpha value is -2.73. The van der Waals surface area contributed by atoms with Crippen molar-refractivity contribution in [2.75, 3.05) is 0 Å². The predicted octanol–water partition coefficient (Wildman–Crippen LogP) is 3.78. The first-order chi connectivity index (χ1) is 12.1. The van der Waals surface area contributed by atoms with Gasteiger partial charge in [0.25, 0.3) is 0 Å². The van der Waals surface area contributed by atoms with Gasteiger partial charge in [-0.15, -0.1) is 10.2 Å². The van der Waals surface area contributed by atoms with Gasteiger partial charge in [-0.05, 0) is 18.2 Å². The highest BCUT2D eigenvalue weighted by molar-refractivity contribution is 6.33. The van der Waals surface area contributed by atoms with Crippen LogP contribution in [0.1, 0.15) is 17.9 Å². The molecule has 0 radical (unpaired) electrons. The van der Waals surface area contributed by atoms with E-state index in [1.807, 2.05) is 12.1 Å². The lowest BCUT2D eigenvalue weighted by Crippen LogP contribution is -2.23. The molecule has 1 aromatic heterocycles. The third-order valence-corrected chi connectivity index (χ3v) is 3.90. The molecule has 128 valence electrons. The normalized spacial score (nSPS) is 10.6. The van der Waals surface area contributed by atoms with Crippen LogP contribution in [-0.4, -0.2) is 16.1 Å². The summed E-state index contributed by atoms with van der Waals surface area (Å²) in [5, 5.41) is 11.1. The van der Waals surface area contributed by atoms with Gasteiger partial charge in [0.1, 0.15) is 5.82 Å². The van der Waals surface area contributed by atoms with Crippen LogP contribution in [0.25, 0.3) is 11.5 Å². The summed E-state index contributed by atoms with van der Waals surface area (Å²) in [7, 11) is 0. The van der Waals surface area contributed by atoms with Crippen LogP contribution in [-0.2, 0) is 17.8 Å². The third kappa shape index (κ3) is 4.42. The molecule has 25 heavy (non-hydrogen) atoms. The molecule has 7 heteroatoms. The summed E-state index contributed by atoms with van der Waals surface area (Å²) in [6, 6.07) is 13.5. The summed E-state index contributed by atoms with van der Waals surface area (Å²) in [6.07, 6.45) is 0.458. The van der Waals surface area contributed by atoms with E-state index in [-0.39, 0.29) is 24.7 Å². The highest BCUT2D eigenvalue weighted by atomic mass is 35.5. The number of benzene rings is 2. The molecule has 0 atom stereocenters. The molecule has 1 heterocycles. The number of amides is 1. The number of nitrogens with zero attached hydrogens (tertiary/aromatic N) is 2. The molecular weight excluding hydrogens is 345 g/mol. The van der Waals surface area contributed by atoms with Gasteiger partial charge < -0.3 is 9.73 Å². The number of aryl methyl sites for hydroxylation is 1. The average molecular weight is 360 g/mol. The second-order valence-electron chi connectivity index (χ2n) is 5.35. The van der Waals surface area contributed by atoms with Crippen LogP contribution in [0.15, 0.2) is 52.9 Å². The van der Waals surface area contributed by atoms with Crippen LogP contribution in [0.2, 0.25) is 5.02 Å². The van der Waals surface area contributed by atoms with Crippen molar-refractivity contribution in [1.82, 2.24) is 15.5 Å². The van der Waals surface area contributed by atoms with E-state index >= 15 is 0 Å². The third-order valence-electron chi connectivity index (χ3n) is 3.57. The van der Waals surface area contributed by atoms with Gasteiger partial charge in [-0.1, -0.05) is 41.9 Å². The van der Waals surface area contributed by atoms with Crippen LogP contribution in [0.4, 0.5) is 4.39 Å². The second-order valence-corrected chi connectivity index (χ2v) is 5.76. The fraction of sp³-hybridized carbons (Fsp3) is 0.167. The van der Waals surface area contributed by atoms with Crippen LogP contribution in [0, 0.1) is 5.82 Å². The molecule has 0 aliphatic carbocycles. The molecule has 0 saturated carbocycles. The van der Waals surface area contributed by atoms with E-state index in [4.69, 9.17) is 16.0 Å². The van der Waals surface area contributed by atoms with Crippen LogP contribution >= 0.6 is 11.6 Å². The molecule has 0 fully saturated rings. The lowest BCUT2D eigenvalue weighted by atomic mass is 10.2. The summed E-state index contributed by atoms with van der Waals surface area (Å²) in [4.78, 5) is 11.9. The van der Waals surface area contributed by atoms with E-state index in [0.717, 1.165) is 0 Å². The van der Waals surface area contributed by atoms with Crippen molar-refractivity contribution in [3.8, 4) is 11.5 Å². The lowest BCUT2D eigenvalue weighted by Gasteiger charge is -2.05. The number of hydrogen-bond acceptors (Lipinski definition) is 4. The molecule has 0 saturated heterocycles. The molecular formula is C18H15ClFN3O2. The average Bonchev–Trinajstić information content (AvgIpc) is 3.08. The smallest absolute Gasteiger partial charge is 0.249 e. The number of carbonyl (C=O) groups is 1. The first kappa shape index (κ1) is 17.1. The number of hydrogen-bond donors (Lipinski definition) is 1. The van der Waals surface area contributed by atoms with Crippen molar-refractivity contribution in [3.63, 3.8) is 0 Å². The van der Waals surface area contributed by atoms with Crippen LogP contribution < -0.4 is 5.32 Å². The van der Waals surface area contributed by atoms with Crippen molar-refractivity contribution < 1.29 is 13.6 Å². The quantitative estimate of drug-likeness (QED) is 0.727. The number of carbonyl (C=O) groups excluding carboxylic acids is 1. The summed E-state index contributed by atoms with van der Waals surface area (Å²) >= 11 is 6.09. The van der Waals surface area contributed by atoms with E-state index in [0.29, 0.717) is 34.4 Å². The van der Waals surface area contributed by atoms with Gasteiger partial charge in [0.05, 0.1) is 10.6 Å². The zero-order valence-corrected chi connectivity index (χ0v) is 14.0. The Labute approximate surface area is 148 Å². The minimum Gasteiger partial charge on any atom is -0.421 e. The zero-order valence-electron chi connectivity index (χ0n) is 13.2. The van der Waals surface area contributed by atoms with E-state index in [1.54, 1.807) is 30.3 Å². The fourth-order valence-electron chi connectivity index (χ4n) is 2.24.